The Balaban J connectivity index is 1.74. The number of aromatic amines is 1. The second-order valence-electron chi connectivity index (χ2n) is 5.31. The molecule has 0 radical (unpaired) electrons. The minimum atomic E-state index is -3.08. The van der Waals surface area contributed by atoms with Crippen LogP contribution in [0.1, 0.15) is 13.3 Å². The number of imidazole rings is 1. The zero-order valence-electron chi connectivity index (χ0n) is 11.3. The smallest absolute Gasteiger partial charge is 0.320 e. The van der Waals surface area contributed by atoms with Crippen LogP contribution in [0.25, 0.3) is 11.2 Å². The maximum atomic E-state index is 12.0. The van der Waals surface area contributed by atoms with E-state index in [1.807, 2.05) is 0 Å². The van der Waals surface area contributed by atoms with Crippen LogP contribution in [0.5, 0.6) is 0 Å². The van der Waals surface area contributed by atoms with Gasteiger partial charge >= 0.3 is 6.03 Å². The van der Waals surface area contributed by atoms with Crippen LogP contribution in [0.3, 0.4) is 0 Å². The first kappa shape index (κ1) is 13.7. The first-order valence-corrected chi connectivity index (χ1v) is 8.13. The lowest BCUT2D eigenvalue weighted by atomic mass is 10.0. The molecule has 0 unspecified atom stereocenters. The van der Waals surface area contributed by atoms with Crippen LogP contribution >= 0.6 is 0 Å². The summed E-state index contributed by atoms with van der Waals surface area (Å²) in [6.45, 7) is 1.71. The first-order valence-electron chi connectivity index (χ1n) is 6.31. The van der Waals surface area contributed by atoms with E-state index in [2.05, 4.69) is 30.6 Å². The molecule has 3 rings (SSSR count). The van der Waals surface area contributed by atoms with Crippen LogP contribution in [0.15, 0.2) is 12.7 Å². The number of fused-ring (bicyclic) bond motifs is 1. The highest BCUT2D eigenvalue weighted by molar-refractivity contribution is 7.91. The molecule has 0 saturated carbocycles. The molecule has 1 saturated heterocycles. The molecule has 0 bridgehead atoms. The molecule has 2 amide bonds. The summed E-state index contributed by atoms with van der Waals surface area (Å²) in [5.74, 6) is 0.318. The van der Waals surface area contributed by atoms with Gasteiger partial charge in [-0.2, -0.15) is 0 Å². The Hall–Kier alpha value is -2.23. The van der Waals surface area contributed by atoms with E-state index >= 15 is 0 Å². The Morgan fingerprint density at radius 1 is 1.38 bits per heavy atom. The van der Waals surface area contributed by atoms with Crippen molar-refractivity contribution in [3.63, 3.8) is 0 Å². The Morgan fingerprint density at radius 3 is 2.90 bits per heavy atom. The lowest BCUT2D eigenvalue weighted by Gasteiger charge is -2.23. The third-order valence-corrected chi connectivity index (χ3v) is 5.28. The molecule has 21 heavy (non-hydrogen) atoms. The van der Waals surface area contributed by atoms with Gasteiger partial charge in [-0.05, 0) is 13.3 Å². The molecule has 3 N–H and O–H groups in total. The number of nitrogens with zero attached hydrogens (tertiary/aromatic N) is 3. The molecule has 1 aliphatic rings. The number of carbonyl (C=O) groups excluding carboxylic acids is 1. The SMILES string of the molecule is C[C@@]1(NC(=O)Nc2ncnc3nc[nH]c23)CCS(=O)(=O)C1. The van der Waals surface area contributed by atoms with Gasteiger partial charge in [0.1, 0.15) is 11.8 Å². The van der Waals surface area contributed by atoms with E-state index < -0.39 is 21.4 Å². The van der Waals surface area contributed by atoms with Crippen molar-refractivity contribution in [1.29, 1.82) is 0 Å². The third kappa shape index (κ3) is 2.79. The lowest BCUT2D eigenvalue weighted by Crippen LogP contribution is -2.48. The van der Waals surface area contributed by atoms with Gasteiger partial charge in [0.2, 0.25) is 0 Å². The number of aromatic nitrogens is 4. The van der Waals surface area contributed by atoms with Crippen molar-refractivity contribution in [2.75, 3.05) is 16.8 Å². The monoisotopic (exact) mass is 310 g/mol. The molecule has 0 aliphatic carbocycles. The van der Waals surface area contributed by atoms with Crippen molar-refractivity contribution in [3.8, 4) is 0 Å². The van der Waals surface area contributed by atoms with E-state index in [0.29, 0.717) is 23.4 Å². The summed E-state index contributed by atoms with van der Waals surface area (Å²) in [5, 5.41) is 5.28. The summed E-state index contributed by atoms with van der Waals surface area (Å²) in [6, 6.07) is -0.510. The van der Waals surface area contributed by atoms with E-state index in [0.717, 1.165) is 0 Å². The maximum absolute atomic E-state index is 12.0. The molecular weight excluding hydrogens is 296 g/mol. The molecule has 9 nitrogen and oxygen atoms in total. The predicted octanol–water partition coefficient (Wildman–Crippen LogP) is 0.0516. The van der Waals surface area contributed by atoms with Crippen LogP contribution in [-0.2, 0) is 9.84 Å². The maximum Gasteiger partial charge on any atom is 0.320 e. The fourth-order valence-corrected chi connectivity index (χ4v) is 4.47. The third-order valence-electron chi connectivity index (χ3n) is 3.37. The van der Waals surface area contributed by atoms with Gasteiger partial charge in [-0.1, -0.05) is 0 Å². The molecule has 10 heteroatoms. The normalized spacial score (nSPS) is 24.0. The van der Waals surface area contributed by atoms with Gasteiger partial charge < -0.3 is 10.3 Å². The van der Waals surface area contributed by atoms with Crippen molar-refractivity contribution in [3.05, 3.63) is 12.7 Å². The number of sulfone groups is 1. The fourth-order valence-electron chi connectivity index (χ4n) is 2.38. The Morgan fingerprint density at radius 2 is 2.19 bits per heavy atom. The summed E-state index contributed by atoms with van der Waals surface area (Å²) in [5.41, 5.74) is 0.190. The number of carbonyl (C=O) groups is 1. The standard InChI is InChI=1S/C11H14N6O3S/c1-11(2-3-21(19,20)4-11)17-10(18)16-9-7-8(13-5-12-7)14-6-15-9/h5-6H,2-4H2,1H3,(H3,12,13,14,15,16,17,18)/t11-/m1/s1. The van der Waals surface area contributed by atoms with Crippen LogP contribution in [0.4, 0.5) is 10.6 Å². The highest BCUT2D eigenvalue weighted by Crippen LogP contribution is 2.23. The zero-order chi connectivity index (χ0) is 15.1. The van der Waals surface area contributed by atoms with Gasteiger partial charge in [0.15, 0.2) is 21.3 Å². The minimum Gasteiger partial charge on any atom is -0.340 e. The Labute approximate surface area is 120 Å². The number of amides is 2. The number of nitrogens with one attached hydrogen (secondary N) is 3. The van der Waals surface area contributed by atoms with E-state index in [4.69, 9.17) is 0 Å². The van der Waals surface area contributed by atoms with Crippen LogP contribution in [-0.4, -0.2) is 51.4 Å². The molecule has 1 atom stereocenters. The van der Waals surface area contributed by atoms with Gasteiger partial charge in [0.05, 0.1) is 23.4 Å². The van der Waals surface area contributed by atoms with E-state index in [1.54, 1.807) is 6.92 Å². The van der Waals surface area contributed by atoms with Gasteiger partial charge in [-0.25, -0.2) is 28.2 Å². The minimum absolute atomic E-state index is 0.0589. The van der Waals surface area contributed by atoms with Crippen LogP contribution in [0, 0.1) is 0 Å². The van der Waals surface area contributed by atoms with Gasteiger partial charge in [0.25, 0.3) is 0 Å². The van der Waals surface area contributed by atoms with Gasteiger partial charge in [-0.3, -0.25) is 5.32 Å². The van der Waals surface area contributed by atoms with Crippen molar-refractivity contribution in [1.82, 2.24) is 25.3 Å². The molecule has 0 spiro atoms. The van der Waals surface area contributed by atoms with Crippen LogP contribution in [0.2, 0.25) is 0 Å². The Kier molecular flexibility index (Phi) is 3.04. The molecular formula is C11H14N6O3S. The number of hydrogen-bond acceptors (Lipinski definition) is 6. The molecule has 2 aromatic rings. The van der Waals surface area contributed by atoms with Crippen LogP contribution < -0.4 is 10.6 Å². The number of hydrogen-bond donors (Lipinski definition) is 3. The molecule has 1 aliphatic heterocycles. The molecule has 2 aromatic heterocycles. The number of anilines is 1. The average Bonchev–Trinajstić information content (AvgIpc) is 2.94. The van der Waals surface area contributed by atoms with E-state index in [9.17, 15) is 13.2 Å². The van der Waals surface area contributed by atoms with E-state index in [1.165, 1.54) is 12.7 Å². The fraction of sp³-hybridized carbons (Fsp3) is 0.455. The zero-order valence-corrected chi connectivity index (χ0v) is 12.1. The summed E-state index contributed by atoms with van der Waals surface area (Å²) in [6.07, 6.45) is 3.14. The lowest BCUT2D eigenvalue weighted by molar-refractivity contribution is 0.242. The van der Waals surface area contributed by atoms with Crippen molar-refractivity contribution < 1.29 is 13.2 Å². The quantitative estimate of drug-likeness (QED) is 0.718. The predicted molar refractivity (Wildman–Crippen MR) is 75.5 cm³/mol. The molecule has 3 heterocycles. The highest BCUT2D eigenvalue weighted by Gasteiger charge is 2.39. The second kappa shape index (κ2) is 4.65. The number of urea groups is 1. The number of H-pyrrole nitrogens is 1. The summed E-state index contributed by atoms with van der Waals surface area (Å²) in [7, 11) is -3.08. The molecule has 1 fully saturated rings. The number of rotatable bonds is 2. The molecule has 0 aromatic carbocycles. The Bertz CT molecular complexity index is 801. The largest absolute Gasteiger partial charge is 0.340 e. The summed E-state index contributed by atoms with van der Waals surface area (Å²) in [4.78, 5) is 26.8. The first-order chi connectivity index (χ1) is 9.87. The molecule has 112 valence electrons. The van der Waals surface area contributed by atoms with Gasteiger partial charge in [-0.15, -0.1) is 0 Å². The van der Waals surface area contributed by atoms with Crippen molar-refractivity contribution >= 4 is 32.9 Å². The summed E-state index contributed by atoms with van der Waals surface area (Å²) < 4.78 is 23.0. The summed E-state index contributed by atoms with van der Waals surface area (Å²) >= 11 is 0. The highest BCUT2D eigenvalue weighted by atomic mass is 32.2. The van der Waals surface area contributed by atoms with Crippen molar-refractivity contribution in [2.45, 2.75) is 18.9 Å². The second-order valence-corrected chi connectivity index (χ2v) is 7.49. The average molecular weight is 310 g/mol. The van der Waals surface area contributed by atoms with E-state index in [-0.39, 0.29) is 11.5 Å². The van der Waals surface area contributed by atoms with Gasteiger partial charge in [0, 0.05) is 0 Å². The topological polar surface area (TPSA) is 130 Å². The van der Waals surface area contributed by atoms with Crippen molar-refractivity contribution in [2.24, 2.45) is 0 Å².